The van der Waals surface area contributed by atoms with E-state index in [1.165, 1.54) is 4.68 Å². The Morgan fingerprint density at radius 3 is 2.81 bits per heavy atom. The molecule has 0 aliphatic carbocycles. The van der Waals surface area contributed by atoms with Crippen molar-refractivity contribution in [3.8, 4) is 5.88 Å². The number of anilines is 2. The van der Waals surface area contributed by atoms with Crippen LogP contribution in [0, 0.1) is 0 Å². The molecule has 0 saturated carbocycles. The summed E-state index contributed by atoms with van der Waals surface area (Å²) in [7, 11) is 1.65. The molecule has 3 rings (SSSR count). The van der Waals surface area contributed by atoms with Gasteiger partial charge in [0, 0.05) is 12.7 Å². The molecule has 9 nitrogen and oxygen atoms in total. The van der Waals surface area contributed by atoms with Gasteiger partial charge in [0.05, 0.1) is 0 Å². The minimum absolute atomic E-state index is 0.0320. The number of hydrogen-bond donors (Lipinski definition) is 2. The second-order valence-electron chi connectivity index (χ2n) is 4.15. The molecule has 9 heteroatoms. The maximum Gasteiger partial charge on any atom is 0.418 e. The summed E-state index contributed by atoms with van der Waals surface area (Å²) in [6.07, 6.45) is -0.703. The fourth-order valence-electron chi connectivity index (χ4n) is 1.73. The van der Waals surface area contributed by atoms with Crippen molar-refractivity contribution in [3.05, 3.63) is 30.3 Å². The van der Waals surface area contributed by atoms with E-state index in [1.54, 1.807) is 31.3 Å². The fraction of sp³-hybridized carbons (Fsp3) is 0.0833. The number of carbonyl (C=O) groups excluding carboxylic acids is 1. The van der Waals surface area contributed by atoms with Gasteiger partial charge >= 0.3 is 6.09 Å². The third-order valence-electron chi connectivity index (χ3n) is 2.65. The molecule has 0 spiro atoms. The van der Waals surface area contributed by atoms with Crippen LogP contribution in [0.2, 0.25) is 0 Å². The molecule has 21 heavy (non-hydrogen) atoms. The quantitative estimate of drug-likeness (QED) is 0.719. The van der Waals surface area contributed by atoms with Crippen molar-refractivity contribution in [2.75, 3.05) is 11.1 Å². The van der Waals surface area contributed by atoms with Crippen LogP contribution in [-0.4, -0.2) is 31.1 Å². The summed E-state index contributed by atoms with van der Waals surface area (Å²) < 4.78 is 6.54. The lowest BCUT2D eigenvalue weighted by Crippen LogP contribution is -2.18. The molecule has 0 fully saturated rings. The average Bonchev–Trinajstić information content (AvgIpc) is 2.81. The lowest BCUT2D eigenvalue weighted by molar-refractivity contribution is 0.214. The van der Waals surface area contributed by atoms with E-state index in [9.17, 15) is 4.79 Å². The smallest absolute Gasteiger partial charge is 0.388 e. The number of fused-ring (bicyclic) bond motifs is 1. The van der Waals surface area contributed by atoms with Gasteiger partial charge in [0.1, 0.15) is 0 Å². The highest BCUT2D eigenvalue weighted by atomic mass is 16.6. The fourth-order valence-corrected chi connectivity index (χ4v) is 1.73. The Morgan fingerprint density at radius 1 is 1.29 bits per heavy atom. The first-order valence-corrected chi connectivity index (χ1v) is 6.00. The van der Waals surface area contributed by atoms with Crippen LogP contribution >= 0.6 is 0 Å². The summed E-state index contributed by atoms with van der Waals surface area (Å²) in [5, 5.41) is 10.2. The number of hydrogen-bond acceptors (Lipinski definition) is 7. The van der Waals surface area contributed by atoms with E-state index in [1.807, 2.05) is 6.07 Å². The number of amides is 1. The molecule has 0 saturated heterocycles. The monoisotopic (exact) mass is 285 g/mol. The van der Waals surface area contributed by atoms with E-state index < -0.39 is 6.09 Å². The predicted octanol–water partition coefficient (Wildman–Crippen LogP) is 0.951. The standard InChI is InChI=1S/C12H11N7O2/c1-19-9-8(17-18-19)10(16-11(13)15-9)21-12(20)14-7-5-3-2-4-6-7/h2-6H,1H3,(H,14,20)(H2,13,15,16). The maximum atomic E-state index is 11.9. The van der Waals surface area contributed by atoms with Gasteiger partial charge in [-0.1, -0.05) is 23.4 Å². The largest absolute Gasteiger partial charge is 0.418 e. The van der Waals surface area contributed by atoms with Crippen LogP contribution in [-0.2, 0) is 7.05 Å². The predicted molar refractivity (Wildman–Crippen MR) is 74.6 cm³/mol. The number of nitrogens with zero attached hydrogens (tertiary/aromatic N) is 5. The molecule has 0 unspecified atom stereocenters. The second kappa shape index (κ2) is 5.04. The van der Waals surface area contributed by atoms with Crippen molar-refractivity contribution < 1.29 is 9.53 Å². The van der Waals surface area contributed by atoms with Gasteiger partial charge in [-0.05, 0) is 12.1 Å². The van der Waals surface area contributed by atoms with Crippen LogP contribution in [0.25, 0.3) is 11.2 Å². The molecule has 0 aliphatic heterocycles. The molecule has 0 bridgehead atoms. The number of benzene rings is 1. The maximum absolute atomic E-state index is 11.9. The summed E-state index contributed by atoms with van der Waals surface area (Å²) in [4.78, 5) is 19.7. The van der Waals surface area contributed by atoms with Crippen LogP contribution < -0.4 is 15.8 Å². The Hall–Kier alpha value is -3.23. The van der Waals surface area contributed by atoms with Gasteiger partial charge in [-0.2, -0.15) is 9.97 Å². The number of rotatable bonds is 2. The van der Waals surface area contributed by atoms with Crippen molar-refractivity contribution in [2.24, 2.45) is 7.05 Å². The van der Waals surface area contributed by atoms with Crippen LogP contribution in [0.5, 0.6) is 5.88 Å². The third-order valence-corrected chi connectivity index (χ3v) is 2.65. The highest BCUT2D eigenvalue weighted by Crippen LogP contribution is 2.20. The number of nitrogens with two attached hydrogens (primary N) is 1. The van der Waals surface area contributed by atoms with E-state index in [2.05, 4.69) is 25.6 Å². The van der Waals surface area contributed by atoms with Gasteiger partial charge < -0.3 is 10.5 Å². The minimum atomic E-state index is -0.703. The highest BCUT2D eigenvalue weighted by molar-refractivity contribution is 5.88. The topological polar surface area (TPSA) is 121 Å². The van der Waals surface area contributed by atoms with Crippen LogP contribution in [0.4, 0.5) is 16.4 Å². The van der Waals surface area contributed by atoms with Gasteiger partial charge in [0.25, 0.3) is 5.88 Å². The average molecular weight is 285 g/mol. The van der Waals surface area contributed by atoms with E-state index in [0.29, 0.717) is 11.3 Å². The highest BCUT2D eigenvalue weighted by Gasteiger charge is 2.16. The molecular formula is C12H11N7O2. The Labute approximate surface area is 118 Å². The molecule has 0 atom stereocenters. The summed E-state index contributed by atoms with van der Waals surface area (Å²) in [6, 6.07) is 8.88. The zero-order chi connectivity index (χ0) is 14.8. The van der Waals surface area contributed by atoms with Gasteiger partial charge in [0.2, 0.25) is 5.95 Å². The first-order chi connectivity index (χ1) is 10.1. The van der Waals surface area contributed by atoms with E-state index >= 15 is 0 Å². The second-order valence-corrected chi connectivity index (χ2v) is 4.15. The summed E-state index contributed by atoms with van der Waals surface area (Å²) in [5.41, 5.74) is 6.81. The first-order valence-electron chi connectivity index (χ1n) is 6.00. The van der Waals surface area contributed by atoms with Crippen molar-refractivity contribution in [1.82, 2.24) is 25.0 Å². The third kappa shape index (κ3) is 2.56. The number of nitrogen functional groups attached to an aromatic ring is 1. The Bertz CT molecular complexity index is 800. The molecule has 106 valence electrons. The lowest BCUT2D eigenvalue weighted by Gasteiger charge is -2.06. The molecular weight excluding hydrogens is 274 g/mol. The molecule has 1 amide bonds. The number of para-hydroxylation sites is 1. The number of nitrogens with one attached hydrogen (secondary N) is 1. The van der Waals surface area contributed by atoms with Crippen molar-refractivity contribution >= 4 is 28.9 Å². The molecule has 1 aromatic carbocycles. The lowest BCUT2D eigenvalue weighted by atomic mass is 10.3. The van der Waals surface area contributed by atoms with Gasteiger partial charge in [-0.15, -0.1) is 5.10 Å². The van der Waals surface area contributed by atoms with Crippen molar-refractivity contribution in [2.45, 2.75) is 0 Å². The SMILES string of the molecule is Cn1nnc2c(OC(=O)Nc3ccccc3)nc(N)nc21. The van der Waals surface area contributed by atoms with E-state index in [4.69, 9.17) is 10.5 Å². The van der Waals surface area contributed by atoms with Gasteiger partial charge in [-0.25, -0.2) is 9.48 Å². The molecule has 2 heterocycles. The summed E-state index contributed by atoms with van der Waals surface area (Å²) in [5.74, 6) is -0.0746. The van der Waals surface area contributed by atoms with Crippen LogP contribution in [0.1, 0.15) is 0 Å². The summed E-state index contributed by atoms with van der Waals surface area (Å²) >= 11 is 0. The van der Waals surface area contributed by atoms with Crippen molar-refractivity contribution in [3.63, 3.8) is 0 Å². The van der Waals surface area contributed by atoms with Gasteiger partial charge in [0.15, 0.2) is 11.2 Å². The zero-order valence-electron chi connectivity index (χ0n) is 11.0. The Morgan fingerprint density at radius 2 is 2.05 bits per heavy atom. The number of aryl methyl sites for hydroxylation is 1. The van der Waals surface area contributed by atoms with Gasteiger partial charge in [-0.3, -0.25) is 5.32 Å². The molecule has 3 aromatic rings. The zero-order valence-corrected chi connectivity index (χ0v) is 11.0. The Balaban J connectivity index is 1.86. The molecule has 0 aliphatic rings. The number of carbonyl (C=O) groups is 1. The number of ether oxygens (including phenoxy) is 1. The van der Waals surface area contributed by atoms with Crippen molar-refractivity contribution in [1.29, 1.82) is 0 Å². The molecule has 0 radical (unpaired) electrons. The normalized spacial score (nSPS) is 10.5. The molecule has 2 aromatic heterocycles. The number of aromatic nitrogens is 5. The Kier molecular flexibility index (Phi) is 3.07. The minimum Gasteiger partial charge on any atom is -0.388 e. The van der Waals surface area contributed by atoms with E-state index in [-0.39, 0.29) is 17.3 Å². The van der Waals surface area contributed by atoms with E-state index in [0.717, 1.165) is 0 Å². The summed E-state index contributed by atoms with van der Waals surface area (Å²) in [6.45, 7) is 0. The van der Waals surface area contributed by atoms with Crippen LogP contribution in [0.3, 0.4) is 0 Å². The van der Waals surface area contributed by atoms with Crippen LogP contribution in [0.15, 0.2) is 30.3 Å². The first kappa shape index (κ1) is 12.8. The molecule has 3 N–H and O–H groups in total.